The SMILES string of the molecule is CC(N)CNCCc1ccc(-c2ccccc2)cc1. The van der Waals surface area contributed by atoms with E-state index in [4.69, 9.17) is 5.73 Å². The van der Waals surface area contributed by atoms with Gasteiger partial charge in [0, 0.05) is 12.6 Å². The van der Waals surface area contributed by atoms with Gasteiger partial charge < -0.3 is 11.1 Å². The molecule has 0 saturated carbocycles. The summed E-state index contributed by atoms with van der Waals surface area (Å²) in [7, 11) is 0. The highest BCUT2D eigenvalue weighted by molar-refractivity contribution is 5.63. The molecule has 0 spiro atoms. The number of rotatable bonds is 6. The van der Waals surface area contributed by atoms with Crippen LogP contribution in [-0.2, 0) is 6.42 Å². The second-order valence-corrected chi connectivity index (χ2v) is 4.99. The third kappa shape index (κ3) is 4.51. The number of nitrogens with one attached hydrogen (secondary N) is 1. The van der Waals surface area contributed by atoms with Crippen molar-refractivity contribution < 1.29 is 0 Å². The second kappa shape index (κ2) is 7.07. The van der Waals surface area contributed by atoms with Crippen LogP contribution >= 0.6 is 0 Å². The van der Waals surface area contributed by atoms with Crippen molar-refractivity contribution in [3.63, 3.8) is 0 Å². The van der Waals surface area contributed by atoms with Gasteiger partial charge in [0.25, 0.3) is 0 Å². The van der Waals surface area contributed by atoms with E-state index in [0.29, 0.717) is 0 Å². The Kier molecular flexibility index (Phi) is 5.13. The largest absolute Gasteiger partial charge is 0.327 e. The molecule has 100 valence electrons. The molecule has 2 rings (SSSR count). The molecule has 0 aliphatic heterocycles. The predicted molar refractivity (Wildman–Crippen MR) is 82.1 cm³/mol. The highest BCUT2D eigenvalue weighted by atomic mass is 14.9. The molecular formula is C17H22N2. The van der Waals surface area contributed by atoms with Gasteiger partial charge in [-0.3, -0.25) is 0 Å². The zero-order valence-electron chi connectivity index (χ0n) is 11.5. The fourth-order valence-corrected chi connectivity index (χ4v) is 2.06. The van der Waals surface area contributed by atoms with E-state index in [1.807, 2.05) is 13.0 Å². The summed E-state index contributed by atoms with van der Waals surface area (Å²) in [5.74, 6) is 0. The Morgan fingerprint density at radius 3 is 2.21 bits per heavy atom. The van der Waals surface area contributed by atoms with Crippen molar-refractivity contribution in [2.75, 3.05) is 13.1 Å². The first-order chi connectivity index (χ1) is 9.25. The van der Waals surface area contributed by atoms with Crippen LogP contribution in [0.2, 0.25) is 0 Å². The first kappa shape index (κ1) is 13.8. The first-order valence-corrected chi connectivity index (χ1v) is 6.86. The average molecular weight is 254 g/mol. The van der Waals surface area contributed by atoms with Crippen molar-refractivity contribution in [3.05, 3.63) is 60.2 Å². The maximum atomic E-state index is 5.69. The number of benzene rings is 2. The van der Waals surface area contributed by atoms with Crippen LogP contribution in [0.5, 0.6) is 0 Å². The summed E-state index contributed by atoms with van der Waals surface area (Å²) in [6.07, 6.45) is 1.04. The van der Waals surface area contributed by atoms with Gasteiger partial charge in [-0.1, -0.05) is 54.6 Å². The van der Waals surface area contributed by atoms with Crippen LogP contribution in [0.1, 0.15) is 12.5 Å². The van der Waals surface area contributed by atoms with E-state index in [-0.39, 0.29) is 6.04 Å². The summed E-state index contributed by atoms with van der Waals surface area (Å²) in [5.41, 5.74) is 9.59. The van der Waals surface area contributed by atoms with Crippen molar-refractivity contribution in [2.45, 2.75) is 19.4 Å². The molecular weight excluding hydrogens is 232 g/mol. The summed E-state index contributed by atoms with van der Waals surface area (Å²) in [4.78, 5) is 0. The summed E-state index contributed by atoms with van der Waals surface area (Å²) in [5, 5.41) is 3.35. The molecule has 3 N–H and O–H groups in total. The van der Waals surface area contributed by atoms with Crippen LogP contribution < -0.4 is 11.1 Å². The van der Waals surface area contributed by atoms with Crippen LogP contribution in [0.25, 0.3) is 11.1 Å². The number of nitrogens with two attached hydrogens (primary N) is 1. The molecule has 0 aliphatic rings. The lowest BCUT2D eigenvalue weighted by Gasteiger charge is -2.08. The highest BCUT2D eigenvalue weighted by Crippen LogP contribution is 2.19. The Morgan fingerprint density at radius 2 is 1.58 bits per heavy atom. The standard InChI is InChI=1S/C17H22N2/c1-14(18)13-19-12-11-15-7-9-17(10-8-15)16-5-3-2-4-6-16/h2-10,14,19H,11-13,18H2,1H3. The molecule has 19 heavy (non-hydrogen) atoms. The molecule has 2 heteroatoms. The minimum absolute atomic E-state index is 0.223. The van der Waals surface area contributed by atoms with Gasteiger partial charge in [-0.05, 0) is 36.6 Å². The molecule has 1 unspecified atom stereocenters. The third-order valence-corrected chi connectivity index (χ3v) is 3.12. The average Bonchev–Trinajstić information content (AvgIpc) is 2.45. The van der Waals surface area contributed by atoms with Crippen LogP contribution in [0.3, 0.4) is 0 Å². The lowest BCUT2D eigenvalue weighted by Crippen LogP contribution is -2.32. The van der Waals surface area contributed by atoms with E-state index >= 15 is 0 Å². The number of hydrogen-bond donors (Lipinski definition) is 2. The minimum Gasteiger partial charge on any atom is -0.327 e. The van der Waals surface area contributed by atoms with Crippen LogP contribution in [0, 0.1) is 0 Å². The summed E-state index contributed by atoms with van der Waals surface area (Å²) in [6, 6.07) is 19.5. The van der Waals surface area contributed by atoms with Gasteiger partial charge in [0.05, 0.1) is 0 Å². The molecule has 0 heterocycles. The minimum atomic E-state index is 0.223. The van der Waals surface area contributed by atoms with Gasteiger partial charge in [0.15, 0.2) is 0 Å². The molecule has 2 aromatic rings. The van der Waals surface area contributed by atoms with Crippen molar-refractivity contribution in [1.82, 2.24) is 5.32 Å². The monoisotopic (exact) mass is 254 g/mol. The maximum Gasteiger partial charge on any atom is 0.0136 e. The molecule has 0 saturated heterocycles. The van der Waals surface area contributed by atoms with Crippen molar-refractivity contribution in [3.8, 4) is 11.1 Å². The predicted octanol–water partition coefficient (Wildman–Crippen LogP) is 2.83. The van der Waals surface area contributed by atoms with E-state index in [2.05, 4.69) is 53.8 Å². The summed E-state index contributed by atoms with van der Waals surface area (Å²) in [6.45, 7) is 3.87. The van der Waals surface area contributed by atoms with Crippen LogP contribution in [-0.4, -0.2) is 19.1 Å². The molecule has 0 amide bonds. The highest BCUT2D eigenvalue weighted by Gasteiger charge is 1.98. The molecule has 0 aromatic heterocycles. The summed E-state index contributed by atoms with van der Waals surface area (Å²) >= 11 is 0. The molecule has 0 bridgehead atoms. The Bertz CT molecular complexity index is 474. The van der Waals surface area contributed by atoms with E-state index in [9.17, 15) is 0 Å². The van der Waals surface area contributed by atoms with Gasteiger partial charge in [-0.25, -0.2) is 0 Å². The summed E-state index contributed by atoms with van der Waals surface area (Å²) < 4.78 is 0. The van der Waals surface area contributed by atoms with E-state index in [0.717, 1.165) is 19.5 Å². The van der Waals surface area contributed by atoms with E-state index < -0.39 is 0 Å². The molecule has 0 aliphatic carbocycles. The Balaban J connectivity index is 1.88. The first-order valence-electron chi connectivity index (χ1n) is 6.86. The van der Waals surface area contributed by atoms with Crippen molar-refractivity contribution in [1.29, 1.82) is 0 Å². The van der Waals surface area contributed by atoms with Gasteiger partial charge in [-0.2, -0.15) is 0 Å². The topological polar surface area (TPSA) is 38.0 Å². The Morgan fingerprint density at radius 1 is 0.947 bits per heavy atom. The lowest BCUT2D eigenvalue weighted by molar-refractivity contribution is 0.609. The normalized spacial score (nSPS) is 12.3. The third-order valence-electron chi connectivity index (χ3n) is 3.12. The lowest BCUT2D eigenvalue weighted by atomic mass is 10.0. The fraction of sp³-hybridized carbons (Fsp3) is 0.294. The van der Waals surface area contributed by atoms with Gasteiger partial charge in [0.2, 0.25) is 0 Å². The zero-order chi connectivity index (χ0) is 13.5. The maximum absolute atomic E-state index is 5.69. The molecule has 2 nitrogen and oxygen atoms in total. The molecule has 1 atom stereocenters. The second-order valence-electron chi connectivity index (χ2n) is 4.99. The molecule has 2 aromatic carbocycles. The van der Waals surface area contributed by atoms with Gasteiger partial charge in [-0.15, -0.1) is 0 Å². The van der Waals surface area contributed by atoms with E-state index in [1.165, 1.54) is 16.7 Å². The molecule has 0 radical (unpaired) electrons. The Labute approximate surface area is 115 Å². The fourth-order valence-electron chi connectivity index (χ4n) is 2.06. The zero-order valence-corrected chi connectivity index (χ0v) is 11.5. The van der Waals surface area contributed by atoms with Crippen molar-refractivity contribution in [2.24, 2.45) is 5.73 Å². The van der Waals surface area contributed by atoms with Gasteiger partial charge in [0.1, 0.15) is 0 Å². The van der Waals surface area contributed by atoms with E-state index in [1.54, 1.807) is 0 Å². The van der Waals surface area contributed by atoms with Gasteiger partial charge >= 0.3 is 0 Å². The quantitative estimate of drug-likeness (QED) is 0.778. The number of hydrogen-bond acceptors (Lipinski definition) is 2. The van der Waals surface area contributed by atoms with Crippen molar-refractivity contribution >= 4 is 0 Å². The van der Waals surface area contributed by atoms with Crippen LogP contribution in [0.4, 0.5) is 0 Å². The Hall–Kier alpha value is -1.64. The van der Waals surface area contributed by atoms with Crippen LogP contribution in [0.15, 0.2) is 54.6 Å². The molecule has 0 fully saturated rings. The smallest absolute Gasteiger partial charge is 0.0136 e.